The number of carbonyl (C=O) groups excluding carboxylic acids is 1. The number of hydrogen-bond acceptors (Lipinski definition) is 3. The number of nitrogens with zero attached hydrogens (tertiary/aromatic N) is 2. The fourth-order valence-electron chi connectivity index (χ4n) is 5.18. The summed E-state index contributed by atoms with van der Waals surface area (Å²) in [5.74, 6) is 1.24. The van der Waals surface area contributed by atoms with Gasteiger partial charge in [0.2, 0.25) is 0 Å². The first-order valence-corrected chi connectivity index (χ1v) is 13.5. The van der Waals surface area contributed by atoms with Crippen molar-refractivity contribution in [1.29, 1.82) is 0 Å². The average molecular weight is 494 g/mol. The Morgan fingerprint density at radius 2 is 1.59 bits per heavy atom. The van der Waals surface area contributed by atoms with E-state index in [0.29, 0.717) is 13.1 Å². The van der Waals surface area contributed by atoms with E-state index in [2.05, 4.69) is 61.0 Å². The summed E-state index contributed by atoms with van der Waals surface area (Å²) < 4.78 is 2.27. The zero-order valence-corrected chi connectivity index (χ0v) is 22.3. The van der Waals surface area contributed by atoms with E-state index in [-0.39, 0.29) is 23.5 Å². The molecular weight excluding hydrogens is 454 g/mol. The Kier molecular flexibility index (Phi) is 9.08. The van der Waals surface area contributed by atoms with E-state index in [1.165, 1.54) is 5.56 Å². The Labute approximate surface area is 221 Å². The maximum Gasteiger partial charge on any atom is 0.166 e. The van der Waals surface area contributed by atoms with Crippen molar-refractivity contribution >= 4 is 5.78 Å². The second-order valence-corrected chi connectivity index (χ2v) is 10.1. The first-order valence-electron chi connectivity index (χ1n) is 13.5. The van der Waals surface area contributed by atoms with Crippen LogP contribution >= 0.6 is 0 Å². The highest BCUT2D eigenvalue weighted by molar-refractivity contribution is 5.98. The Hall–Kier alpha value is -3.50. The Balaban J connectivity index is 1.83. The lowest BCUT2D eigenvalue weighted by Crippen LogP contribution is -2.30. The number of rotatable bonds is 12. The summed E-state index contributed by atoms with van der Waals surface area (Å²) in [5.41, 5.74) is 11.1. The van der Waals surface area contributed by atoms with Gasteiger partial charge >= 0.3 is 0 Å². The molecule has 0 saturated heterocycles. The van der Waals surface area contributed by atoms with Crippen LogP contribution in [0.3, 0.4) is 0 Å². The molecule has 0 bridgehead atoms. The van der Waals surface area contributed by atoms with E-state index in [4.69, 9.17) is 10.7 Å². The number of ketones is 1. The molecule has 1 heterocycles. The van der Waals surface area contributed by atoms with E-state index in [1.807, 2.05) is 55.5 Å². The third-order valence-corrected chi connectivity index (χ3v) is 7.45. The van der Waals surface area contributed by atoms with Crippen molar-refractivity contribution in [3.63, 3.8) is 0 Å². The molecule has 4 heteroatoms. The van der Waals surface area contributed by atoms with Crippen LogP contribution in [0.5, 0.6) is 0 Å². The normalized spacial score (nSPS) is 13.7. The van der Waals surface area contributed by atoms with Gasteiger partial charge in [0.15, 0.2) is 5.78 Å². The van der Waals surface area contributed by atoms with Gasteiger partial charge in [0, 0.05) is 35.7 Å². The fraction of sp³-hybridized carbons (Fsp3) is 0.333. The molecule has 3 aromatic carbocycles. The smallest absolute Gasteiger partial charge is 0.166 e. The molecule has 0 aliphatic heterocycles. The largest absolute Gasteiger partial charge is 0.330 e. The minimum absolute atomic E-state index is 0.0217. The van der Waals surface area contributed by atoms with Gasteiger partial charge in [-0.1, -0.05) is 111 Å². The van der Waals surface area contributed by atoms with Crippen LogP contribution in [0.25, 0.3) is 11.3 Å². The van der Waals surface area contributed by atoms with E-state index in [9.17, 15) is 4.79 Å². The molecule has 0 spiro atoms. The summed E-state index contributed by atoms with van der Waals surface area (Å²) in [5, 5.41) is 0. The van der Waals surface area contributed by atoms with Gasteiger partial charge in [-0.3, -0.25) is 4.79 Å². The molecule has 0 aliphatic rings. The van der Waals surface area contributed by atoms with Crippen LogP contribution < -0.4 is 5.73 Å². The molecule has 0 radical (unpaired) electrons. The van der Waals surface area contributed by atoms with Crippen LogP contribution in [0.1, 0.15) is 66.3 Å². The topological polar surface area (TPSA) is 60.9 Å². The molecule has 1 unspecified atom stereocenters. The third-order valence-electron chi connectivity index (χ3n) is 7.45. The van der Waals surface area contributed by atoms with Crippen LogP contribution in [0, 0.1) is 18.8 Å². The summed E-state index contributed by atoms with van der Waals surface area (Å²) in [6.07, 6.45) is 4.67. The zero-order valence-electron chi connectivity index (χ0n) is 22.3. The highest BCUT2D eigenvalue weighted by Crippen LogP contribution is 2.39. The molecule has 37 heavy (non-hydrogen) atoms. The van der Waals surface area contributed by atoms with Crippen molar-refractivity contribution in [3.8, 4) is 11.3 Å². The summed E-state index contributed by atoms with van der Waals surface area (Å²) in [7, 11) is 0. The van der Waals surface area contributed by atoms with E-state index >= 15 is 0 Å². The average Bonchev–Trinajstić information content (AvgIpc) is 3.34. The summed E-state index contributed by atoms with van der Waals surface area (Å²) in [6.45, 7) is 7.79. The number of imidazole rings is 1. The number of carbonyl (C=O) groups is 1. The highest BCUT2D eigenvalue weighted by atomic mass is 16.1. The summed E-state index contributed by atoms with van der Waals surface area (Å²) >= 11 is 0. The lowest BCUT2D eigenvalue weighted by Gasteiger charge is -2.31. The van der Waals surface area contributed by atoms with Gasteiger partial charge in [0.25, 0.3) is 0 Å². The Morgan fingerprint density at radius 3 is 2.22 bits per heavy atom. The summed E-state index contributed by atoms with van der Waals surface area (Å²) in [6, 6.07) is 28.8. The molecule has 4 rings (SSSR count). The monoisotopic (exact) mass is 493 g/mol. The summed E-state index contributed by atoms with van der Waals surface area (Å²) in [4.78, 5) is 19.3. The number of Topliss-reactive ketones (excluding diaryl/α,β-unsaturated/α-hetero) is 1. The minimum atomic E-state index is -0.193. The number of nitrogens with two attached hydrogens (primary N) is 1. The molecular formula is C33H39N3O. The van der Waals surface area contributed by atoms with Gasteiger partial charge in [-0.15, -0.1) is 0 Å². The van der Waals surface area contributed by atoms with Crippen LogP contribution in [-0.4, -0.2) is 21.9 Å². The van der Waals surface area contributed by atoms with Crippen LogP contribution in [0.4, 0.5) is 0 Å². The molecule has 0 amide bonds. The number of aryl methyl sites for hydroxylation is 1. The predicted molar refractivity (Wildman–Crippen MR) is 153 cm³/mol. The first-order chi connectivity index (χ1) is 18.0. The first kappa shape index (κ1) is 26.6. The molecule has 0 aliphatic carbocycles. The number of benzene rings is 3. The zero-order chi connectivity index (χ0) is 26.2. The van der Waals surface area contributed by atoms with E-state index in [1.54, 1.807) is 0 Å². The molecule has 192 valence electrons. The standard InChI is InChI=1S/C33H39N3O/c1-4-25(3)31(29(16-11-21-34)32(37)28-19-17-24(2)18-20-28)33-35-30(27-14-9-6-10-15-27)23-36(33)22-26-12-7-5-8-13-26/h5-10,12-15,17-20,23,25,29,31H,4,11,16,21-22,34H2,1-3H3/t25-,29?,31+/m1/s1. The molecule has 2 N–H and O–H groups in total. The SMILES string of the molecule is CC[C@@H](C)[C@H](c1nc(-c2ccccc2)cn1Cc1ccccc1)C(CCCN)C(=O)c1ccc(C)cc1. The van der Waals surface area contributed by atoms with Gasteiger partial charge in [-0.2, -0.15) is 0 Å². The maximum atomic E-state index is 14.1. The lowest BCUT2D eigenvalue weighted by molar-refractivity contribution is 0.0863. The van der Waals surface area contributed by atoms with Gasteiger partial charge < -0.3 is 10.3 Å². The van der Waals surface area contributed by atoms with Gasteiger partial charge in [-0.05, 0) is 37.8 Å². The van der Waals surface area contributed by atoms with E-state index < -0.39 is 0 Å². The Bertz CT molecular complexity index is 1260. The number of aromatic nitrogens is 2. The van der Waals surface area contributed by atoms with Crippen molar-refractivity contribution < 1.29 is 4.79 Å². The second-order valence-electron chi connectivity index (χ2n) is 10.1. The van der Waals surface area contributed by atoms with Crippen molar-refractivity contribution in [2.75, 3.05) is 6.54 Å². The Morgan fingerprint density at radius 1 is 0.946 bits per heavy atom. The fourth-order valence-corrected chi connectivity index (χ4v) is 5.18. The highest BCUT2D eigenvalue weighted by Gasteiger charge is 2.36. The molecule has 3 atom stereocenters. The third kappa shape index (κ3) is 6.44. The number of hydrogen-bond donors (Lipinski definition) is 1. The molecule has 0 saturated carbocycles. The quantitative estimate of drug-likeness (QED) is 0.211. The van der Waals surface area contributed by atoms with Crippen molar-refractivity contribution in [3.05, 3.63) is 114 Å². The van der Waals surface area contributed by atoms with Gasteiger partial charge in [-0.25, -0.2) is 4.98 Å². The van der Waals surface area contributed by atoms with E-state index in [0.717, 1.165) is 47.5 Å². The lowest BCUT2D eigenvalue weighted by atomic mass is 9.74. The predicted octanol–water partition coefficient (Wildman–Crippen LogP) is 7.27. The van der Waals surface area contributed by atoms with Crippen LogP contribution in [0.15, 0.2) is 91.1 Å². The second kappa shape index (κ2) is 12.6. The van der Waals surface area contributed by atoms with Crippen LogP contribution in [0.2, 0.25) is 0 Å². The molecule has 0 fully saturated rings. The molecule has 1 aromatic heterocycles. The minimum Gasteiger partial charge on any atom is -0.330 e. The van der Waals surface area contributed by atoms with Crippen molar-refractivity contribution in [2.45, 2.75) is 52.5 Å². The van der Waals surface area contributed by atoms with Crippen LogP contribution in [-0.2, 0) is 6.54 Å². The molecule has 4 nitrogen and oxygen atoms in total. The van der Waals surface area contributed by atoms with Gasteiger partial charge in [0.1, 0.15) is 5.82 Å². The van der Waals surface area contributed by atoms with Crippen molar-refractivity contribution in [1.82, 2.24) is 9.55 Å². The molecule has 4 aromatic rings. The maximum absolute atomic E-state index is 14.1. The van der Waals surface area contributed by atoms with Crippen molar-refractivity contribution in [2.24, 2.45) is 17.6 Å². The van der Waals surface area contributed by atoms with Gasteiger partial charge in [0.05, 0.1) is 5.69 Å².